The van der Waals surface area contributed by atoms with Crippen LogP contribution in [0, 0.1) is 0 Å². The van der Waals surface area contributed by atoms with E-state index in [2.05, 4.69) is 15.9 Å². The van der Waals surface area contributed by atoms with E-state index in [1.165, 1.54) is 0 Å². The van der Waals surface area contributed by atoms with Crippen molar-refractivity contribution in [1.82, 2.24) is 4.90 Å². The van der Waals surface area contributed by atoms with Crippen LogP contribution in [-0.4, -0.2) is 43.7 Å². The zero-order valence-corrected chi connectivity index (χ0v) is 12.6. The number of halogens is 1. The van der Waals surface area contributed by atoms with Crippen molar-refractivity contribution >= 4 is 21.8 Å². The number of carbonyl (C=O) groups is 1. The maximum absolute atomic E-state index is 12.1. The third-order valence-electron chi connectivity index (χ3n) is 3.24. The molecule has 0 N–H and O–H groups in total. The summed E-state index contributed by atoms with van der Waals surface area (Å²) >= 11 is 3.40. The van der Waals surface area contributed by atoms with Gasteiger partial charge in [-0.05, 0) is 40.9 Å². The topological polar surface area (TPSA) is 38.8 Å². The number of benzene rings is 1. The van der Waals surface area contributed by atoms with Crippen molar-refractivity contribution in [2.45, 2.75) is 18.9 Å². The number of hydrogen-bond acceptors (Lipinski definition) is 3. The van der Waals surface area contributed by atoms with Crippen molar-refractivity contribution in [3.63, 3.8) is 0 Å². The SMILES string of the molecule is COC[C@@H]1CCCN1C(=O)COc1ccccc1Br. The lowest BCUT2D eigenvalue weighted by Crippen LogP contribution is -2.40. The Morgan fingerprint density at radius 3 is 3.00 bits per heavy atom. The van der Waals surface area contributed by atoms with E-state index in [0.29, 0.717) is 12.4 Å². The van der Waals surface area contributed by atoms with Gasteiger partial charge in [-0.15, -0.1) is 0 Å². The third kappa shape index (κ3) is 3.70. The summed E-state index contributed by atoms with van der Waals surface area (Å²) in [6, 6.07) is 7.72. The van der Waals surface area contributed by atoms with E-state index in [9.17, 15) is 4.79 Å². The first-order valence-electron chi connectivity index (χ1n) is 6.38. The highest BCUT2D eigenvalue weighted by molar-refractivity contribution is 9.10. The Morgan fingerprint density at radius 2 is 2.26 bits per heavy atom. The third-order valence-corrected chi connectivity index (χ3v) is 3.90. The number of ether oxygens (including phenoxy) is 2. The summed E-state index contributed by atoms with van der Waals surface area (Å²) in [5.41, 5.74) is 0. The highest BCUT2D eigenvalue weighted by Crippen LogP contribution is 2.24. The molecule has 0 spiro atoms. The molecule has 1 aliphatic heterocycles. The van der Waals surface area contributed by atoms with Crippen molar-refractivity contribution in [3.8, 4) is 5.75 Å². The maximum Gasteiger partial charge on any atom is 0.260 e. The van der Waals surface area contributed by atoms with E-state index in [4.69, 9.17) is 9.47 Å². The maximum atomic E-state index is 12.1. The highest BCUT2D eigenvalue weighted by atomic mass is 79.9. The minimum absolute atomic E-state index is 0.0234. The van der Waals surface area contributed by atoms with Gasteiger partial charge in [-0.25, -0.2) is 0 Å². The first-order chi connectivity index (χ1) is 9.22. The van der Waals surface area contributed by atoms with Crippen molar-refractivity contribution in [1.29, 1.82) is 0 Å². The predicted octanol–water partition coefficient (Wildman–Crippen LogP) is 2.47. The molecular formula is C14H18BrNO3. The van der Waals surface area contributed by atoms with Crippen LogP contribution in [0.15, 0.2) is 28.7 Å². The Kier molecular flexibility index (Phi) is 5.22. The minimum Gasteiger partial charge on any atom is -0.483 e. The molecule has 0 bridgehead atoms. The van der Waals surface area contributed by atoms with Gasteiger partial charge in [-0.1, -0.05) is 12.1 Å². The van der Waals surface area contributed by atoms with Crippen molar-refractivity contribution in [2.24, 2.45) is 0 Å². The average molecular weight is 328 g/mol. The van der Waals surface area contributed by atoms with E-state index in [-0.39, 0.29) is 18.6 Å². The quantitative estimate of drug-likeness (QED) is 0.833. The molecule has 104 valence electrons. The van der Waals surface area contributed by atoms with E-state index < -0.39 is 0 Å². The van der Waals surface area contributed by atoms with Gasteiger partial charge >= 0.3 is 0 Å². The summed E-state index contributed by atoms with van der Waals surface area (Å²) in [7, 11) is 1.67. The van der Waals surface area contributed by atoms with E-state index in [1.807, 2.05) is 29.2 Å². The number of carbonyl (C=O) groups excluding carboxylic acids is 1. The van der Waals surface area contributed by atoms with Crippen LogP contribution in [0.3, 0.4) is 0 Å². The standard InChI is InChI=1S/C14H18BrNO3/c1-18-9-11-5-4-8-16(11)14(17)10-19-13-7-3-2-6-12(13)15/h2-3,6-7,11H,4-5,8-10H2,1H3/t11-/m0/s1. The molecule has 1 amide bonds. The molecule has 1 heterocycles. The van der Waals surface area contributed by atoms with Crippen LogP contribution in [0.4, 0.5) is 0 Å². The fourth-order valence-corrected chi connectivity index (χ4v) is 2.71. The number of hydrogen-bond donors (Lipinski definition) is 0. The highest BCUT2D eigenvalue weighted by Gasteiger charge is 2.28. The second-order valence-electron chi connectivity index (χ2n) is 4.56. The summed E-state index contributed by atoms with van der Waals surface area (Å²) < 4.78 is 11.6. The smallest absolute Gasteiger partial charge is 0.260 e. The first kappa shape index (κ1) is 14.3. The normalized spacial score (nSPS) is 18.6. The molecule has 0 aromatic heterocycles. The fourth-order valence-electron chi connectivity index (χ4n) is 2.31. The largest absolute Gasteiger partial charge is 0.483 e. The summed E-state index contributed by atoms with van der Waals surface area (Å²) in [6.45, 7) is 1.47. The van der Waals surface area contributed by atoms with E-state index in [1.54, 1.807) is 7.11 Å². The second-order valence-corrected chi connectivity index (χ2v) is 5.41. The molecule has 0 saturated carbocycles. The average Bonchev–Trinajstić information content (AvgIpc) is 2.86. The van der Waals surface area contributed by atoms with Gasteiger partial charge in [0.25, 0.3) is 5.91 Å². The van der Waals surface area contributed by atoms with Gasteiger partial charge in [0, 0.05) is 13.7 Å². The molecule has 1 aromatic rings. The van der Waals surface area contributed by atoms with Crippen LogP contribution in [-0.2, 0) is 9.53 Å². The van der Waals surface area contributed by atoms with Gasteiger partial charge < -0.3 is 14.4 Å². The molecule has 1 aliphatic rings. The molecule has 0 unspecified atom stereocenters. The molecule has 1 fully saturated rings. The number of nitrogens with zero attached hydrogens (tertiary/aromatic N) is 1. The molecule has 1 saturated heterocycles. The molecule has 1 atom stereocenters. The second kappa shape index (κ2) is 6.91. The van der Waals surface area contributed by atoms with Crippen molar-refractivity contribution in [3.05, 3.63) is 28.7 Å². The Morgan fingerprint density at radius 1 is 1.47 bits per heavy atom. The Hall–Kier alpha value is -1.07. The monoisotopic (exact) mass is 327 g/mol. The molecule has 2 rings (SSSR count). The first-order valence-corrected chi connectivity index (χ1v) is 7.17. The Bertz CT molecular complexity index is 438. The number of para-hydroxylation sites is 1. The molecule has 4 nitrogen and oxygen atoms in total. The van der Waals surface area contributed by atoms with Gasteiger partial charge in [-0.2, -0.15) is 0 Å². The lowest BCUT2D eigenvalue weighted by Gasteiger charge is -2.24. The molecular weight excluding hydrogens is 310 g/mol. The van der Waals surface area contributed by atoms with Crippen molar-refractivity contribution < 1.29 is 14.3 Å². The van der Waals surface area contributed by atoms with Crippen LogP contribution < -0.4 is 4.74 Å². The number of rotatable bonds is 5. The van der Waals surface area contributed by atoms with Gasteiger partial charge in [0.1, 0.15) is 5.75 Å². The molecule has 5 heteroatoms. The Labute approximate surface area is 121 Å². The lowest BCUT2D eigenvalue weighted by molar-refractivity contribution is -0.135. The fraction of sp³-hybridized carbons (Fsp3) is 0.500. The van der Waals surface area contributed by atoms with Crippen LogP contribution in [0.1, 0.15) is 12.8 Å². The van der Waals surface area contributed by atoms with E-state index in [0.717, 1.165) is 23.9 Å². The van der Waals surface area contributed by atoms with Crippen LogP contribution in [0.2, 0.25) is 0 Å². The molecule has 19 heavy (non-hydrogen) atoms. The van der Waals surface area contributed by atoms with Gasteiger partial charge in [0.05, 0.1) is 17.1 Å². The number of methoxy groups -OCH3 is 1. The van der Waals surface area contributed by atoms with Gasteiger partial charge in [-0.3, -0.25) is 4.79 Å². The van der Waals surface area contributed by atoms with Crippen LogP contribution in [0.5, 0.6) is 5.75 Å². The zero-order valence-electron chi connectivity index (χ0n) is 11.0. The van der Waals surface area contributed by atoms with Crippen LogP contribution in [0.25, 0.3) is 0 Å². The van der Waals surface area contributed by atoms with Gasteiger partial charge in [0.15, 0.2) is 6.61 Å². The number of amides is 1. The summed E-state index contributed by atoms with van der Waals surface area (Å²) in [5, 5.41) is 0. The molecule has 0 radical (unpaired) electrons. The van der Waals surface area contributed by atoms with Crippen molar-refractivity contribution in [2.75, 3.05) is 26.9 Å². The zero-order chi connectivity index (χ0) is 13.7. The van der Waals surface area contributed by atoms with Crippen LogP contribution >= 0.6 is 15.9 Å². The summed E-state index contributed by atoms with van der Waals surface area (Å²) in [4.78, 5) is 14.0. The summed E-state index contributed by atoms with van der Waals surface area (Å²) in [6.07, 6.45) is 2.05. The van der Waals surface area contributed by atoms with Gasteiger partial charge in [0.2, 0.25) is 0 Å². The lowest BCUT2D eigenvalue weighted by atomic mass is 10.2. The molecule has 1 aromatic carbocycles. The number of likely N-dealkylation sites (tertiary alicyclic amines) is 1. The molecule has 0 aliphatic carbocycles. The predicted molar refractivity (Wildman–Crippen MR) is 76.2 cm³/mol. The summed E-state index contributed by atoms with van der Waals surface area (Å²) in [5.74, 6) is 0.716. The Balaban J connectivity index is 1.89. The minimum atomic E-state index is 0.0234. The van der Waals surface area contributed by atoms with E-state index >= 15 is 0 Å².